The van der Waals surface area contributed by atoms with Crippen molar-refractivity contribution in [2.75, 3.05) is 6.26 Å². The first kappa shape index (κ1) is 14.3. The van der Waals surface area contributed by atoms with Gasteiger partial charge in [0.2, 0.25) is 0 Å². The molecular weight excluding hydrogens is 288 g/mol. The number of hydrogen-bond acceptors (Lipinski definition) is 2. The van der Waals surface area contributed by atoms with Gasteiger partial charge in [0, 0.05) is 11.3 Å². The molecule has 0 spiro atoms. The second kappa shape index (κ2) is 5.61. The Morgan fingerprint density at radius 1 is 1.40 bits per heavy atom. The predicted molar refractivity (Wildman–Crippen MR) is 88.9 cm³/mol. The van der Waals surface area contributed by atoms with Crippen LogP contribution >= 0.6 is 23.4 Å². The molecular formula is C16H21ClN2S. The molecule has 0 N–H and O–H groups in total. The van der Waals surface area contributed by atoms with Crippen molar-refractivity contribution in [2.24, 2.45) is 0 Å². The number of hydrogen-bond donors (Lipinski definition) is 0. The van der Waals surface area contributed by atoms with E-state index in [9.17, 15) is 0 Å². The lowest BCUT2D eigenvalue weighted by Gasteiger charge is -2.23. The van der Waals surface area contributed by atoms with Gasteiger partial charge in [-0.25, -0.2) is 4.98 Å². The van der Waals surface area contributed by atoms with Crippen LogP contribution in [0, 0.1) is 6.92 Å². The highest BCUT2D eigenvalue weighted by atomic mass is 35.5. The Morgan fingerprint density at radius 3 is 2.90 bits per heavy atom. The molecule has 0 aliphatic heterocycles. The van der Waals surface area contributed by atoms with Crippen molar-refractivity contribution in [1.82, 2.24) is 9.55 Å². The van der Waals surface area contributed by atoms with Gasteiger partial charge in [-0.15, -0.1) is 11.6 Å². The van der Waals surface area contributed by atoms with Gasteiger partial charge in [-0.1, -0.05) is 18.6 Å². The summed E-state index contributed by atoms with van der Waals surface area (Å²) in [7, 11) is 0. The highest BCUT2D eigenvalue weighted by Gasteiger charge is 2.31. The molecule has 2 aromatic rings. The quantitative estimate of drug-likeness (QED) is 0.734. The zero-order chi connectivity index (χ0) is 14.3. The van der Waals surface area contributed by atoms with E-state index in [2.05, 4.69) is 35.9 Å². The average Bonchev–Trinajstić information content (AvgIpc) is 3.01. The summed E-state index contributed by atoms with van der Waals surface area (Å²) < 4.78 is 2.42. The molecule has 1 saturated carbocycles. The molecule has 1 aromatic heterocycles. The maximum absolute atomic E-state index is 6.41. The molecule has 3 rings (SSSR count). The molecule has 1 fully saturated rings. The summed E-state index contributed by atoms with van der Waals surface area (Å²) in [5, 5.41) is 0.631. The number of thioether (sulfide) groups is 1. The van der Waals surface area contributed by atoms with E-state index >= 15 is 0 Å². The molecule has 1 aromatic carbocycles. The van der Waals surface area contributed by atoms with Crippen LogP contribution in [-0.2, 0) is 0 Å². The molecule has 0 amide bonds. The van der Waals surface area contributed by atoms with Gasteiger partial charge in [0.15, 0.2) is 0 Å². The SMILES string of the molecule is CSC1CCCC1n1c(C(C)Cl)nc2c(C)cccc21. The summed E-state index contributed by atoms with van der Waals surface area (Å²) in [6.07, 6.45) is 6.06. The fourth-order valence-corrected chi connectivity index (χ4v) is 4.51. The molecule has 1 aliphatic rings. The molecule has 1 heterocycles. The van der Waals surface area contributed by atoms with Gasteiger partial charge in [-0.05, 0) is 44.6 Å². The molecule has 1 aliphatic carbocycles. The Bertz CT molecular complexity index is 620. The van der Waals surface area contributed by atoms with Crippen LogP contribution in [0.15, 0.2) is 18.2 Å². The first-order valence-corrected chi connectivity index (χ1v) is 9.00. The third-order valence-corrected chi connectivity index (χ3v) is 5.71. The van der Waals surface area contributed by atoms with E-state index in [0.29, 0.717) is 11.3 Å². The molecule has 4 heteroatoms. The third-order valence-electron chi connectivity index (χ3n) is 4.36. The maximum atomic E-state index is 6.41. The zero-order valence-electron chi connectivity index (χ0n) is 12.3. The van der Waals surface area contributed by atoms with E-state index < -0.39 is 0 Å². The molecule has 0 radical (unpaired) electrons. The number of imidazole rings is 1. The van der Waals surface area contributed by atoms with Crippen LogP contribution in [-0.4, -0.2) is 21.1 Å². The topological polar surface area (TPSA) is 17.8 Å². The van der Waals surface area contributed by atoms with Gasteiger partial charge >= 0.3 is 0 Å². The highest BCUT2D eigenvalue weighted by Crippen LogP contribution is 2.41. The first-order chi connectivity index (χ1) is 9.63. The van der Waals surface area contributed by atoms with Gasteiger partial charge in [0.05, 0.1) is 16.4 Å². The van der Waals surface area contributed by atoms with Crippen LogP contribution in [0.3, 0.4) is 0 Å². The van der Waals surface area contributed by atoms with Crippen LogP contribution < -0.4 is 0 Å². The lowest BCUT2D eigenvalue weighted by molar-refractivity contribution is 0.520. The van der Waals surface area contributed by atoms with Crippen molar-refractivity contribution in [1.29, 1.82) is 0 Å². The molecule has 3 atom stereocenters. The molecule has 2 nitrogen and oxygen atoms in total. The molecule has 3 unspecified atom stereocenters. The second-order valence-electron chi connectivity index (χ2n) is 5.67. The summed E-state index contributed by atoms with van der Waals surface area (Å²) in [4.78, 5) is 4.85. The summed E-state index contributed by atoms with van der Waals surface area (Å²) in [5.41, 5.74) is 3.60. The number of aromatic nitrogens is 2. The van der Waals surface area contributed by atoms with E-state index in [1.807, 2.05) is 18.7 Å². The Kier molecular flexibility index (Phi) is 4.00. The van der Waals surface area contributed by atoms with Crippen molar-refractivity contribution in [3.63, 3.8) is 0 Å². The number of aryl methyl sites for hydroxylation is 1. The van der Waals surface area contributed by atoms with E-state index in [1.165, 1.54) is 30.3 Å². The molecule has 0 saturated heterocycles. The number of alkyl halides is 1. The minimum atomic E-state index is -0.0510. The van der Waals surface area contributed by atoms with Gasteiger partial charge in [-0.2, -0.15) is 11.8 Å². The largest absolute Gasteiger partial charge is 0.322 e. The second-order valence-corrected chi connectivity index (χ2v) is 7.40. The molecule has 0 bridgehead atoms. The van der Waals surface area contributed by atoms with Crippen LogP contribution in [0.4, 0.5) is 0 Å². The normalized spacial score (nSPS) is 24.4. The van der Waals surface area contributed by atoms with Crippen LogP contribution in [0.25, 0.3) is 11.0 Å². The van der Waals surface area contributed by atoms with Crippen molar-refractivity contribution < 1.29 is 0 Å². The number of halogens is 1. The first-order valence-electron chi connectivity index (χ1n) is 7.27. The van der Waals surface area contributed by atoms with Crippen molar-refractivity contribution in [3.8, 4) is 0 Å². The fourth-order valence-electron chi connectivity index (χ4n) is 3.38. The van der Waals surface area contributed by atoms with Crippen LogP contribution in [0.1, 0.15) is 49.0 Å². The van der Waals surface area contributed by atoms with E-state index in [1.54, 1.807) is 0 Å². The lowest BCUT2D eigenvalue weighted by Crippen LogP contribution is -2.18. The van der Waals surface area contributed by atoms with Gasteiger partial charge in [0.25, 0.3) is 0 Å². The Hall–Kier alpha value is -0.670. The fraction of sp³-hybridized carbons (Fsp3) is 0.562. The minimum Gasteiger partial charge on any atom is -0.322 e. The Labute approximate surface area is 129 Å². The van der Waals surface area contributed by atoms with E-state index in [0.717, 1.165) is 11.3 Å². The third kappa shape index (κ3) is 2.25. The van der Waals surface area contributed by atoms with Gasteiger partial charge in [0.1, 0.15) is 5.82 Å². The standard InChI is InChI=1S/C16H21ClN2S/c1-10-6-4-8-13-15(10)18-16(11(2)17)19(13)12-7-5-9-14(12)20-3/h4,6,8,11-12,14H,5,7,9H2,1-3H3. The van der Waals surface area contributed by atoms with E-state index in [-0.39, 0.29) is 5.38 Å². The maximum Gasteiger partial charge on any atom is 0.128 e. The lowest BCUT2D eigenvalue weighted by atomic mass is 10.2. The summed E-state index contributed by atoms with van der Waals surface area (Å²) >= 11 is 8.39. The Balaban J connectivity index is 2.21. The summed E-state index contributed by atoms with van der Waals surface area (Å²) in [5.74, 6) is 1.03. The molecule has 20 heavy (non-hydrogen) atoms. The molecule has 108 valence electrons. The van der Waals surface area contributed by atoms with Crippen LogP contribution in [0.5, 0.6) is 0 Å². The van der Waals surface area contributed by atoms with Gasteiger partial charge in [-0.3, -0.25) is 0 Å². The summed E-state index contributed by atoms with van der Waals surface area (Å²) in [6, 6.07) is 6.98. The number of para-hydroxylation sites is 1. The van der Waals surface area contributed by atoms with Gasteiger partial charge < -0.3 is 4.57 Å². The van der Waals surface area contributed by atoms with E-state index in [4.69, 9.17) is 16.6 Å². The number of rotatable bonds is 3. The smallest absolute Gasteiger partial charge is 0.128 e. The van der Waals surface area contributed by atoms with Crippen molar-refractivity contribution >= 4 is 34.4 Å². The number of fused-ring (bicyclic) bond motifs is 1. The number of nitrogens with zero attached hydrogens (tertiary/aromatic N) is 2. The number of benzene rings is 1. The highest BCUT2D eigenvalue weighted by molar-refractivity contribution is 7.99. The predicted octanol–water partition coefficient (Wildman–Crippen LogP) is 5.10. The summed E-state index contributed by atoms with van der Waals surface area (Å²) in [6.45, 7) is 4.15. The van der Waals surface area contributed by atoms with Crippen LogP contribution in [0.2, 0.25) is 0 Å². The monoisotopic (exact) mass is 308 g/mol. The van der Waals surface area contributed by atoms with Crippen molar-refractivity contribution in [3.05, 3.63) is 29.6 Å². The Morgan fingerprint density at radius 2 is 2.20 bits per heavy atom. The average molecular weight is 309 g/mol. The van der Waals surface area contributed by atoms with Crippen molar-refractivity contribution in [2.45, 2.75) is 49.8 Å². The zero-order valence-corrected chi connectivity index (χ0v) is 13.8. The minimum absolute atomic E-state index is 0.0510.